The number of hydrogen-bond donors (Lipinski definition) is 1. The van der Waals surface area contributed by atoms with Gasteiger partial charge in [0.15, 0.2) is 0 Å². The summed E-state index contributed by atoms with van der Waals surface area (Å²) in [6, 6.07) is 13.3. The van der Waals surface area contributed by atoms with E-state index in [4.69, 9.17) is 19.0 Å². The number of para-hydroxylation sites is 1. The summed E-state index contributed by atoms with van der Waals surface area (Å²) >= 11 is 0. The van der Waals surface area contributed by atoms with Crippen molar-refractivity contribution in [2.24, 2.45) is 0 Å². The van der Waals surface area contributed by atoms with Gasteiger partial charge in [0.25, 0.3) is 5.91 Å². The van der Waals surface area contributed by atoms with Crippen LogP contribution < -0.4 is 14.4 Å². The maximum absolute atomic E-state index is 13.9. The molecule has 2 atom stereocenters. The molecule has 0 aromatic heterocycles. The first-order chi connectivity index (χ1) is 16.6. The molecule has 1 fully saturated rings. The van der Waals surface area contributed by atoms with Crippen molar-refractivity contribution < 1.29 is 33.7 Å². The predicted octanol–water partition coefficient (Wildman–Crippen LogP) is 4.04. The van der Waals surface area contributed by atoms with E-state index in [0.29, 0.717) is 42.1 Å². The highest BCUT2D eigenvalue weighted by atomic mass is 16.8. The monoisotopic (exact) mass is 486 g/mol. The Morgan fingerprint density at radius 2 is 1.66 bits per heavy atom. The van der Waals surface area contributed by atoms with E-state index < -0.39 is 23.9 Å². The second-order valence-electron chi connectivity index (χ2n) is 9.33. The van der Waals surface area contributed by atoms with E-state index in [9.17, 15) is 14.7 Å². The smallest absolute Gasteiger partial charge is 0.497 e. The Kier molecular flexibility index (Phi) is 8.58. The van der Waals surface area contributed by atoms with Gasteiger partial charge in [0.2, 0.25) is 0 Å². The standard InChI is InChI=1S/C26H34N2O7/c1-26(2,3)34-25(31)35-27-13-9-12-23(29)22(17-27)28(19-10-7-6-8-11-19)24(30)18-14-20(32-4)16-21(15-18)33-5/h6-8,10-11,14-16,22-23,29H,9,12-13,17H2,1-5H3/t22-,23-/m1/s1. The van der Waals surface area contributed by atoms with Crippen LogP contribution in [0.2, 0.25) is 0 Å². The van der Waals surface area contributed by atoms with Crippen LogP contribution in [0.1, 0.15) is 44.0 Å². The summed E-state index contributed by atoms with van der Waals surface area (Å²) in [6.07, 6.45) is -0.678. The first-order valence-electron chi connectivity index (χ1n) is 11.6. The third-order valence-electron chi connectivity index (χ3n) is 5.52. The molecule has 0 unspecified atom stereocenters. The molecule has 1 aliphatic heterocycles. The van der Waals surface area contributed by atoms with E-state index in [0.717, 1.165) is 0 Å². The van der Waals surface area contributed by atoms with Gasteiger partial charge in [0, 0.05) is 23.9 Å². The number of hydrogen-bond acceptors (Lipinski definition) is 8. The highest BCUT2D eigenvalue weighted by Crippen LogP contribution is 2.29. The number of benzene rings is 2. The highest BCUT2D eigenvalue weighted by Gasteiger charge is 2.37. The van der Waals surface area contributed by atoms with Crippen molar-refractivity contribution in [3.05, 3.63) is 54.1 Å². The van der Waals surface area contributed by atoms with Crippen LogP contribution in [0.5, 0.6) is 11.5 Å². The van der Waals surface area contributed by atoms with Gasteiger partial charge in [-0.1, -0.05) is 18.2 Å². The van der Waals surface area contributed by atoms with E-state index in [2.05, 4.69) is 0 Å². The van der Waals surface area contributed by atoms with Gasteiger partial charge in [-0.25, -0.2) is 4.79 Å². The van der Waals surface area contributed by atoms with Gasteiger partial charge in [-0.3, -0.25) is 4.79 Å². The summed E-state index contributed by atoms with van der Waals surface area (Å²) in [4.78, 5) is 33.2. The lowest BCUT2D eigenvalue weighted by Crippen LogP contribution is -2.52. The Balaban J connectivity index is 1.96. The molecule has 1 amide bonds. The molecule has 1 aliphatic rings. The number of anilines is 1. The lowest BCUT2D eigenvalue weighted by molar-refractivity contribution is -0.143. The number of nitrogens with zero attached hydrogens (tertiary/aromatic N) is 2. The van der Waals surface area contributed by atoms with Crippen molar-refractivity contribution in [1.29, 1.82) is 0 Å². The molecule has 190 valence electrons. The number of methoxy groups -OCH3 is 2. The number of hydroxylamine groups is 2. The van der Waals surface area contributed by atoms with Crippen molar-refractivity contribution in [2.75, 3.05) is 32.2 Å². The fourth-order valence-corrected chi connectivity index (χ4v) is 3.92. The molecular formula is C26H34N2O7. The lowest BCUT2D eigenvalue weighted by Gasteiger charge is -2.35. The van der Waals surface area contributed by atoms with Gasteiger partial charge in [-0.15, -0.1) is 5.06 Å². The first-order valence-corrected chi connectivity index (χ1v) is 11.6. The molecule has 1 heterocycles. The third-order valence-corrected chi connectivity index (χ3v) is 5.52. The quantitative estimate of drug-likeness (QED) is 0.611. The molecule has 1 saturated heterocycles. The zero-order valence-electron chi connectivity index (χ0n) is 20.9. The lowest BCUT2D eigenvalue weighted by atomic mass is 10.0. The normalized spacial score (nSPS) is 18.8. The molecule has 35 heavy (non-hydrogen) atoms. The molecule has 0 spiro atoms. The molecule has 0 aliphatic carbocycles. The molecule has 0 bridgehead atoms. The number of aliphatic hydroxyl groups excluding tert-OH is 1. The third kappa shape index (κ3) is 7.10. The van der Waals surface area contributed by atoms with Crippen molar-refractivity contribution in [2.45, 2.75) is 51.4 Å². The number of rotatable bonds is 6. The maximum Gasteiger partial charge on any atom is 0.528 e. The average molecular weight is 487 g/mol. The summed E-state index contributed by atoms with van der Waals surface area (Å²) in [5.41, 5.74) is 0.225. The van der Waals surface area contributed by atoms with Crippen LogP contribution in [0.3, 0.4) is 0 Å². The topological polar surface area (TPSA) is 97.8 Å². The second kappa shape index (κ2) is 11.4. The van der Waals surface area contributed by atoms with Crippen LogP contribution in [0.15, 0.2) is 48.5 Å². The molecule has 0 saturated carbocycles. The number of aliphatic hydroxyl groups is 1. The zero-order chi connectivity index (χ0) is 25.6. The Morgan fingerprint density at radius 3 is 2.23 bits per heavy atom. The summed E-state index contributed by atoms with van der Waals surface area (Å²) in [5, 5.41) is 12.5. The van der Waals surface area contributed by atoms with Gasteiger partial charge in [0.05, 0.1) is 32.9 Å². The van der Waals surface area contributed by atoms with Gasteiger partial charge in [-0.05, 0) is 57.9 Å². The fourth-order valence-electron chi connectivity index (χ4n) is 3.92. The van der Waals surface area contributed by atoms with Crippen molar-refractivity contribution >= 4 is 17.7 Å². The molecule has 0 radical (unpaired) electrons. The van der Waals surface area contributed by atoms with E-state index >= 15 is 0 Å². The molecule has 2 aromatic rings. The minimum Gasteiger partial charge on any atom is -0.497 e. The predicted molar refractivity (Wildman–Crippen MR) is 131 cm³/mol. The second-order valence-corrected chi connectivity index (χ2v) is 9.33. The zero-order valence-corrected chi connectivity index (χ0v) is 20.9. The van der Waals surface area contributed by atoms with Gasteiger partial charge in [0.1, 0.15) is 17.1 Å². The fraction of sp³-hybridized carbons (Fsp3) is 0.462. The number of carbonyl (C=O) groups is 2. The molecule has 9 heteroatoms. The van der Waals surface area contributed by atoms with Crippen molar-refractivity contribution in [3.8, 4) is 11.5 Å². The van der Waals surface area contributed by atoms with Crippen molar-refractivity contribution in [1.82, 2.24) is 5.06 Å². The molecule has 2 aromatic carbocycles. The SMILES string of the molecule is COc1cc(OC)cc(C(=O)N(c2ccccc2)[C@@H]2CN(OC(=O)OC(C)(C)C)CCC[C@H]2O)c1. The van der Waals surface area contributed by atoms with Crippen LogP contribution in [-0.4, -0.2) is 67.3 Å². The first kappa shape index (κ1) is 26.3. The molecule has 9 nitrogen and oxygen atoms in total. The largest absolute Gasteiger partial charge is 0.528 e. The summed E-state index contributed by atoms with van der Waals surface area (Å²) in [5.74, 6) is 0.589. The molecular weight excluding hydrogens is 452 g/mol. The van der Waals surface area contributed by atoms with E-state index in [1.807, 2.05) is 18.2 Å². The van der Waals surface area contributed by atoms with Gasteiger partial charge < -0.3 is 29.1 Å². The summed E-state index contributed by atoms with van der Waals surface area (Å²) in [6.45, 7) is 5.75. The van der Waals surface area contributed by atoms with Gasteiger partial charge >= 0.3 is 6.16 Å². The van der Waals surface area contributed by atoms with Crippen molar-refractivity contribution in [3.63, 3.8) is 0 Å². The highest BCUT2D eigenvalue weighted by molar-refractivity contribution is 6.07. The van der Waals surface area contributed by atoms with Crippen LogP contribution in [0.4, 0.5) is 10.5 Å². The minimum absolute atomic E-state index is 0.0994. The minimum atomic E-state index is -0.848. The molecule has 3 rings (SSSR count). The van der Waals surface area contributed by atoms with E-state index in [1.165, 1.54) is 24.2 Å². The number of amides is 1. The summed E-state index contributed by atoms with van der Waals surface area (Å²) < 4.78 is 16.0. The Hall–Kier alpha value is -3.30. The average Bonchev–Trinajstić information content (AvgIpc) is 2.99. The van der Waals surface area contributed by atoms with Crippen LogP contribution in [0.25, 0.3) is 0 Å². The summed E-state index contributed by atoms with van der Waals surface area (Å²) in [7, 11) is 3.03. The Labute approximate surface area is 206 Å². The van der Waals surface area contributed by atoms with E-state index in [1.54, 1.807) is 51.1 Å². The van der Waals surface area contributed by atoms with Crippen LogP contribution >= 0.6 is 0 Å². The van der Waals surface area contributed by atoms with Crippen LogP contribution in [0, 0.1) is 0 Å². The van der Waals surface area contributed by atoms with E-state index in [-0.39, 0.29) is 12.5 Å². The number of ether oxygens (including phenoxy) is 3. The number of carbonyl (C=O) groups excluding carboxylic acids is 2. The molecule has 1 N–H and O–H groups in total. The van der Waals surface area contributed by atoms with Crippen LogP contribution in [-0.2, 0) is 9.57 Å². The van der Waals surface area contributed by atoms with Gasteiger partial charge in [-0.2, -0.15) is 0 Å². The Morgan fingerprint density at radius 1 is 1.03 bits per heavy atom. The Bertz CT molecular complexity index is 984. The maximum atomic E-state index is 13.9.